The van der Waals surface area contributed by atoms with Crippen LogP contribution in [0, 0.1) is 0 Å². The number of carboxylic acid groups (broad SMARTS) is 1. The molecule has 18 heavy (non-hydrogen) atoms. The highest BCUT2D eigenvalue weighted by Crippen LogP contribution is 2.06. The zero-order valence-corrected chi connectivity index (χ0v) is 10.6. The van der Waals surface area contributed by atoms with Crippen LogP contribution < -0.4 is 5.56 Å². The molecule has 0 saturated heterocycles. The van der Waals surface area contributed by atoms with Gasteiger partial charge in [-0.15, -0.1) is 0 Å². The van der Waals surface area contributed by atoms with E-state index in [-0.39, 0.29) is 23.7 Å². The predicted octanol–water partition coefficient (Wildman–Crippen LogP) is 0.321. The Balaban J connectivity index is 3.05. The normalized spacial score (nSPS) is 10.4. The molecule has 0 bridgehead atoms. The van der Waals surface area contributed by atoms with Crippen LogP contribution in [0.4, 0.5) is 0 Å². The van der Waals surface area contributed by atoms with Gasteiger partial charge in [-0.3, -0.25) is 14.4 Å². The molecule has 1 heterocycles. The van der Waals surface area contributed by atoms with Crippen molar-refractivity contribution in [2.75, 3.05) is 6.54 Å². The van der Waals surface area contributed by atoms with E-state index in [2.05, 4.69) is 0 Å². The molecule has 0 atom stereocenters. The first-order chi connectivity index (χ1) is 8.32. The van der Waals surface area contributed by atoms with Crippen molar-refractivity contribution in [1.82, 2.24) is 9.47 Å². The van der Waals surface area contributed by atoms with Gasteiger partial charge in [0.1, 0.15) is 6.54 Å². The monoisotopic (exact) mass is 252 g/mol. The van der Waals surface area contributed by atoms with E-state index in [4.69, 9.17) is 5.11 Å². The Kier molecular flexibility index (Phi) is 4.25. The van der Waals surface area contributed by atoms with Crippen molar-refractivity contribution in [2.45, 2.75) is 19.9 Å². The van der Waals surface area contributed by atoms with Gasteiger partial charge in [0.15, 0.2) is 0 Å². The Morgan fingerprint density at radius 3 is 2.50 bits per heavy atom. The number of rotatable bonds is 4. The fourth-order valence-corrected chi connectivity index (χ4v) is 1.48. The average Bonchev–Trinajstić information content (AvgIpc) is 2.28. The molecule has 1 aromatic rings. The lowest BCUT2D eigenvalue weighted by Gasteiger charge is -2.24. The highest BCUT2D eigenvalue weighted by molar-refractivity contribution is 5.95. The number of carbonyl (C=O) groups is 2. The number of carbonyl (C=O) groups excluding carboxylic acids is 1. The van der Waals surface area contributed by atoms with Gasteiger partial charge in [-0.05, 0) is 19.9 Å². The molecule has 0 radical (unpaired) electrons. The van der Waals surface area contributed by atoms with Crippen LogP contribution in [0.1, 0.15) is 24.2 Å². The van der Waals surface area contributed by atoms with Crippen LogP contribution in [0.3, 0.4) is 0 Å². The van der Waals surface area contributed by atoms with Crippen LogP contribution in [0.5, 0.6) is 0 Å². The van der Waals surface area contributed by atoms with E-state index >= 15 is 0 Å². The Hall–Kier alpha value is -2.11. The largest absolute Gasteiger partial charge is 0.480 e. The van der Waals surface area contributed by atoms with Gasteiger partial charge in [0.05, 0.1) is 0 Å². The summed E-state index contributed by atoms with van der Waals surface area (Å²) in [6, 6.07) is 2.46. The molecule has 1 N–H and O–H groups in total. The molecule has 0 unspecified atom stereocenters. The number of hydrogen-bond donors (Lipinski definition) is 1. The molecule has 0 fully saturated rings. The molecule has 0 spiro atoms. The minimum atomic E-state index is -1.08. The van der Waals surface area contributed by atoms with Gasteiger partial charge in [-0.2, -0.15) is 0 Å². The molecule has 98 valence electrons. The van der Waals surface area contributed by atoms with Crippen LogP contribution >= 0.6 is 0 Å². The van der Waals surface area contributed by atoms with E-state index in [1.54, 1.807) is 20.9 Å². The summed E-state index contributed by atoms with van der Waals surface area (Å²) in [5.41, 5.74) is -0.104. The Labute approximate surface area is 104 Å². The second-order valence-corrected chi connectivity index (χ2v) is 4.29. The van der Waals surface area contributed by atoms with E-state index in [1.165, 1.54) is 27.8 Å². The van der Waals surface area contributed by atoms with Crippen molar-refractivity contribution in [1.29, 1.82) is 0 Å². The summed E-state index contributed by atoms with van der Waals surface area (Å²) in [5.74, 6) is -1.54. The highest BCUT2D eigenvalue weighted by atomic mass is 16.4. The van der Waals surface area contributed by atoms with E-state index in [1.807, 2.05) is 0 Å². The van der Waals surface area contributed by atoms with Crippen LogP contribution in [0.2, 0.25) is 0 Å². The zero-order valence-electron chi connectivity index (χ0n) is 10.6. The molecule has 1 aromatic heterocycles. The molecular formula is C12H16N2O4. The van der Waals surface area contributed by atoms with Gasteiger partial charge in [0.25, 0.3) is 11.5 Å². The van der Waals surface area contributed by atoms with E-state index in [9.17, 15) is 14.4 Å². The molecule has 6 nitrogen and oxygen atoms in total. The van der Waals surface area contributed by atoms with Crippen molar-refractivity contribution in [3.05, 3.63) is 34.2 Å². The fourth-order valence-electron chi connectivity index (χ4n) is 1.48. The summed E-state index contributed by atoms with van der Waals surface area (Å²) in [5, 5.41) is 8.77. The summed E-state index contributed by atoms with van der Waals surface area (Å²) in [6.45, 7) is 3.06. The number of aryl methyl sites for hydroxylation is 1. The smallest absolute Gasteiger partial charge is 0.323 e. The van der Waals surface area contributed by atoms with Gasteiger partial charge in [0.2, 0.25) is 0 Å². The Morgan fingerprint density at radius 2 is 2.06 bits per heavy atom. The molecule has 0 aliphatic rings. The second kappa shape index (κ2) is 5.48. The minimum absolute atomic E-state index is 0.202. The van der Waals surface area contributed by atoms with Crippen LogP contribution in [0.15, 0.2) is 23.1 Å². The maximum absolute atomic E-state index is 12.1. The maximum atomic E-state index is 12.1. The minimum Gasteiger partial charge on any atom is -0.480 e. The SMILES string of the molecule is CC(C)N(CC(=O)O)C(=O)c1ccn(C)c(=O)c1. The first-order valence-corrected chi connectivity index (χ1v) is 5.52. The lowest BCUT2D eigenvalue weighted by molar-refractivity contribution is -0.138. The first-order valence-electron chi connectivity index (χ1n) is 5.52. The van der Waals surface area contributed by atoms with Gasteiger partial charge in [0, 0.05) is 30.9 Å². The molecule has 1 amide bonds. The first kappa shape index (κ1) is 14.0. The molecule has 0 saturated carbocycles. The standard InChI is InChI=1S/C12H16N2O4/c1-8(2)14(7-11(16)17)12(18)9-4-5-13(3)10(15)6-9/h4-6,8H,7H2,1-3H3,(H,16,17). The fraction of sp³-hybridized carbons (Fsp3) is 0.417. The zero-order chi connectivity index (χ0) is 13.9. The maximum Gasteiger partial charge on any atom is 0.323 e. The van der Waals surface area contributed by atoms with Crippen molar-refractivity contribution in [3.8, 4) is 0 Å². The van der Waals surface area contributed by atoms with Gasteiger partial charge in [-0.25, -0.2) is 0 Å². The molecular weight excluding hydrogens is 236 g/mol. The molecule has 0 aliphatic carbocycles. The summed E-state index contributed by atoms with van der Waals surface area (Å²) < 4.78 is 1.34. The molecule has 1 rings (SSSR count). The Morgan fingerprint density at radius 1 is 1.44 bits per heavy atom. The van der Waals surface area contributed by atoms with Crippen LogP contribution in [0.25, 0.3) is 0 Å². The van der Waals surface area contributed by atoms with Crippen molar-refractivity contribution >= 4 is 11.9 Å². The van der Waals surface area contributed by atoms with E-state index in [0.717, 1.165) is 0 Å². The number of nitrogens with zero attached hydrogens (tertiary/aromatic N) is 2. The van der Waals surface area contributed by atoms with E-state index < -0.39 is 11.9 Å². The summed E-state index contributed by atoms with van der Waals surface area (Å²) >= 11 is 0. The number of aliphatic carboxylic acids is 1. The Bertz CT molecular complexity index is 519. The predicted molar refractivity (Wildman–Crippen MR) is 65.5 cm³/mol. The summed E-state index contributed by atoms with van der Waals surface area (Å²) in [6.07, 6.45) is 1.48. The third-order valence-electron chi connectivity index (χ3n) is 2.54. The topological polar surface area (TPSA) is 79.6 Å². The third kappa shape index (κ3) is 3.19. The van der Waals surface area contributed by atoms with Crippen molar-refractivity contribution in [3.63, 3.8) is 0 Å². The lowest BCUT2D eigenvalue weighted by Crippen LogP contribution is -2.41. The van der Waals surface area contributed by atoms with Crippen molar-refractivity contribution in [2.24, 2.45) is 7.05 Å². The quantitative estimate of drug-likeness (QED) is 0.837. The summed E-state index contributed by atoms with van der Waals surface area (Å²) in [7, 11) is 1.58. The molecule has 6 heteroatoms. The molecule has 0 aliphatic heterocycles. The van der Waals surface area contributed by atoms with Gasteiger partial charge in [-0.1, -0.05) is 0 Å². The highest BCUT2D eigenvalue weighted by Gasteiger charge is 2.21. The lowest BCUT2D eigenvalue weighted by atomic mass is 10.2. The van der Waals surface area contributed by atoms with Crippen molar-refractivity contribution < 1.29 is 14.7 Å². The van der Waals surface area contributed by atoms with Crippen LogP contribution in [-0.2, 0) is 11.8 Å². The number of hydrogen-bond acceptors (Lipinski definition) is 3. The average molecular weight is 252 g/mol. The third-order valence-corrected chi connectivity index (χ3v) is 2.54. The van der Waals surface area contributed by atoms with Gasteiger partial charge < -0.3 is 14.6 Å². The van der Waals surface area contributed by atoms with E-state index in [0.29, 0.717) is 0 Å². The van der Waals surface area contributed by atoms with Gasteiger partial charge >= 0.3 is 5.97 Å². The second-order valence-electron chi connectivity index (χ2n) is 4.29. The summed E-state index contributed by atoms with van der Waals surface area (Å²) in [4.78, 5) is 35.5. The number of aromatic nitrogens is 1. The number of carboxylic acids is 1. The number of pyridine rings is 1. The molecule has 0 aromatic carbocycles. The number of amides is 1. The van der Waals surface area contributed by atoms with Crippen LogP contribution in [-0.4, -0.2) is 39.0 Å².